The summed E-state index contributed by atoms with van der Waals surface area (Å²) >= 11 is 0. The Morgan fingerprint density at radius 3 is 2.27 bits per heavy atom. The van der Waals surface area contributed by atoms with Gasteiger partial charge in [0.15, 0.2) is 5.85 Å². The van der Waals surface area contributed by atoms with Gasteiger partial charge in [-0.2, -0.15) is 0 Å². The van der Waals surface area contributed by atoms with Crippen LogP contribution in [-0.4, -0.2) is 26.8 Å². The number of benzene rings is 1. The first-order valence-electron chi connectivity index (χ1n) is 4.44. The predicted molar refractivity (Wildman–Crippen MR) is 56.2 cm³/mol. The van der Waals surface area contributed by atoms with Crippen molar-refractivity contribution >= 4 is 7.60 Å². The Balaban J connectivity index is 2.64. The Kier molecular flexibility index (Phi) is 4.02. The first-order chi connectivity index (χ1) is 6.91. The van der Waals surface area contributed by atoms with Crippen molar-refractivity contribution in [1.29, 1.82) is 0 Å². The molecular weight excluding hydrogens is 217 g/mol. The summed E-state index contributed by atoms with van der Waals surface area (Å²) < 4.78 is 10.7. The molecule has 0 saturated heterocycles. The maximum atomic E-state index is 10.7. The summed E-state index contributed by atoms with van der Waals surface area (Å²) in [6, 6.07) is 8.03. The van der Waals surface area contributed by atoms with E-state index in [2.05, 4.69) is 0 Å². The third-order valence-electron chi connectivity index (χ3n) is 2.04. The molecule has 0 saturated carbocycles. The number of aliphatic hydroxyl groups is 1. The first kappa shape index (κ1) is 12.4. The number of hydrogen-bond donors (Lipinski definition) is 4. The molecule has 0 spiro atoms. The van der Waals surface area contributed by atoms with Crippen molar-refractivity contribution in [2.24, 2.45) is 5.73 Å². The lowest BCUT2D eigenvalue weighted by molar-refractivity contribution is 0.176. The lowest BCUT2D eigenvalue weighted by Crippen LogP contribution is -2.36. The molecule has 0 fully saturated rings. The monoisotopic (exact) mass is 231 g/mol. The Labute approximate surface area is 87.7 Å². The Morgan fingerprint density at radius 2 is 1.80 bits per heavy atom. The predicted octanol–water partition coefficient (Wildman–Crippen LogP) is 0.0525. The second-order valence-corrected chi connectivity index (χ2v) is 5.06. The van der Waals surface area contributed by atoms with Crippen LogP contribution in [0.2, 0.25) is 0 Å². The Bertz CT molecular complexity index is 350. The largest absolute Gasteiger partial charge is 0.379 e. The van der Waals surface area contributed by atoms with Crippen molar-refractivity contribution < 1.29 is 19.5 Å². The molecule has 0 unspecified atom stereocenters. The van der Waals surface area contributed by atoms with Gasteiger partial charge >= 0.3 is 7.60 Å². The highest BCUT2D eigenvalue weighted by atomic mass is 31.2. The van der Waals surface area contributed by atoms with Crippen LogP contribution in [0, 0.1) is 0 Å². The summed E-state index contributed by atoms with van der Waals surface area (Å²) in [5.41, 5.74) is 6.32. The molecule has 0 radical (unpaired) electrons. The van der Waals surface area contributed by atoms with E-state index in [1.807, 2.05) is 6.07 Å². The van der Waals surface area contributed by atoms with E-state index in [1.165, 1.54) is 0 Å². The Morgan fingerprint density at radius 1 is 1.27 bits per heavy atom. The van der Waals surface area contributed by atoms with Crippen molar-refractivity contribution in [1.82, 2.24) is 0 Å². The highest BCUT2D eigenvalue weighted by Gasteiger charge is 2.31. The molecule has 2 atom stereocenters. The molecule has 0 aliphatic rings. The quantitative estimate of drug-likeness (QED) is 0.548. The highest BCUT2D eigenvalue weighted by molar-refractivity contribution is 7.52. The van der Waals surface area contributed by atoms with Gasteiger partial charge in [0.1, 0.15) is 0 Å². The zero-order valence-corrected chi connectivity index (χ0v) is 8.92. The molecule has 15 heavy (non-hydrogen) atoms. The van der Waals surface area contributed by atoms with Crippen LogP contribution in [-0.2, 0) is 11.0 Å². The molecule has 0 aliphatic carbocycles. The third-order valence-corrected chi connectivity index (χ3v) is 3.11. The third kappa shape index (κ3) is 3.74. The van der Waals surface area contributed by atoms with Gasteiger partial charge in [-0.25, -0.2) is 0 Å². The highest BCUT2D eigenvalue weighted by Crippen LogP contribution is 2.41. The summed E-state index contributed by atoms with van der Waals surface area (Å²) in [6.07, 6.45) is 0.229. The maximum absolute atomic E-state index is 10.7. The summed E-state index contributed by atoms with van der Waals surface area (Å²) in [7, 11) is -4.52. The fraction of sp³-hybridized carbons (Fsp3) is 0.333. The molecule has 0 bridgehead atoms. The van der Waals surface area contributed by atoms with Gasteiger partial charge in [-0.1, -0.05) is 30.3 Å². The molecule has 1 aromatic carbocycles. The minimum atomic E-state index is -4.52. The normalized spacial score (nSPS) is 16.0. The lowest BCUT2D eigenvalue weighted by atomic mass is 10.1. The van der Waals surface area contributed by atoms with E-state index < -0.39 is 19.5 Å². The fourth-order valence-electron chi connectivity index (χ4n) is 1.24. The van der Waals surface area contributed by atoms with Gasteiger partial charge in [-0.15, -0.1) is 0 Å². The van der Waals surface area contributed by atoms with Crippen molar-refractivity contribution in [2.75, 3.05) is 0 Å². The summed E-state index contributed by atoms with van der Waals surface area (Å²) in [5.74, 6) is -1.81. The van der Waals surface area contributed by atoms with Crippen LogP contribution < -0.4 is 5.73 Å². The van der Waals surface area contributed by atoms with Gasteiger partial charge in [0, 0.05) is 6.04 Å². The minimum absolute atomic E-state index is 0.229. The van der Waals surface area contributed by atoms with Crippen LogP contribution in [0.1, 0.15) is 5.56 Å². The topological polar surface area (TPSA) is 104 Å². The maximum Gasteiger partial charge on any atom is 0.355 e. The molecule has 5 nitrogen and oxygen atoms in total. The molecular formula is C9H14NO4P. The van der Waals surface area contributed by atoms with Gasteiger partial charge in [-0.05, 0) is 12.0 Å². The van der Waals surface area contributed by atoms with E-state index in [0.717, 1.165) is 5.56 Å². The molecule has 1 rings (SSSR count). The summed E-state index contributed by atoms with van der Waals surface area (Å²) in [4.78, 5) is 17.4. The van der Waals surface area contributed by atoms with Crippen molar-refractivity contribution in [3.63, 3.8) is 0 Å². The van der Waals surface area contributed by atoms with E-state index >= 15 is 0 Å². The van der Waals surface area contributed by atoms with Crippen molar-refractivity contribution in [3.8, 4) is 0 Å². The standard InChI is InChI=1S/C9H14NO4P/c10-8(9(11)15(12,13)14)6-7-4-2-1-3-5-7/h1-5,8-9,11H,6,10H2,(H2,12,13,14)/t8-,9+/m1/s1. The number of aliphatic hydroxyl groups excluding tert-OH is 1. The molecule has 84 valence electrons. The fourth-order valence-corrected chi connectivity index (χ4v) is 1.85. The van der Waals surface area contributed by atoms with Gasteiger partial charge in [0.25, 0.3) is 0 Å². The second kappa shape index (κ2) is 4.88. The first-order valence-corrected chi connectivity index (χ1v) is 6.12. The molecule has 6 heteroatoms. The van der Waals surface area contributed by atoms with E-state index in [1.54, 1.807) is 24.3 Å². The Hall–Kier alpha value is -0.710. The zero-order valence-electron chi connectivity index (χ0n) is 8.02. The summed E-state index contributed by atoms with van der Waals surface area (Å²) in [6.45, 7) is 0. The van der Waals surface area contributed by atoms with E-state index in [4.69, 9.17) is 15.5 Å². The van der Waals surface area contributed by atoms with E-state index in [9.17, 15) is 9.67 Å². The van der Waals surface area contributed by atoms with Gasteiger partial charge < -0.3 is 20.6 Å². The molecule has 0 amide bonds. The molecule has 5 N–H and O–H groups in total. The van der Waals surface area contributed by atoms with Crippen LogP contribution in [0.3, 0.4) is 0 Å². The van der Waals surface area contributed by atoms with Crippen molar-refractivity contribution in [3.05, 3.63) is 35.9 Å². The number of nitrogens with two attached hydrogens (primary N) is 1. The van der Waals surface area contributed by atoms with E-state index in [0.29, 0.717) is 0 Å². The average molecular weight is 231 g/mol. The SMILES string of the molecule is N[C@H](Cc1ccccc1)[C@@H](O)P(=O)(O)O. The molecule has 1 aromatic rings. The van der Waals surface area contributed by atoms with Gasteiger partial charge in [-0.3, -0.25) is 4.57 Å². The van der Waals surface area contributed by atoms with Gasteiger partial charge in [0.2, 0.25) is 0 Å². The van der Waals surface area contributed by atoms with Crippen LogP contribution in [0.5, 0.6) is 0 Å². The zero-order chi connectivity index (χ0) is 11.5. The number of rotatable bonds is 4. The van der Waals surface area contributed by atoms with Crippen LogP contribution in [0.25, 0.3) is 0 Å². The molecule has 0 aromatic heterocycles. The van der Waals surface area contributed by atoms with Crippen LogP contribution in [0.15, 0.2) is 30.3 Å². The summed E-state index contributed by atoms with van der Waals surface area (Å²) in [5, 5.41) is 9.23. The van der Waals surface area contributed by atoms with Crippen LogP contribution in [0.4, 0.5) is 0 Å². The van der Waals surface area contributed by atoms with E-state index in [-0.39, 0.29) is 6.42 Å². The lowest BCUT2D eigenvalue weighted by Gasteiger charge is -2.19. The molecule has 0 aliphatic heterocycles. The second-order valence-electron chi connectivity index (χ2n) is 3.36. The number of hydrogen-bond acceptors (Lipinski definition) is 3. The minimum Gasteiger partial charge on any atom is -0.379 e. The van der Waals surface area contributed by atoms with Gasteiger partial charge in [0.05, 0.1) is 0 Å². The van der Waals surface area contributed by atoms with Crippen LogP contribution >= 0.6 is 7.60 Å². The smallest absolute Gasteiger partial charge is 0.355 e. The van der Waals surface area contributed by atoms with Crippen molar-refractivity contribution in [2.45, 2.75) is 18.3 Å². The molecule has 0 heterocycles. The average Bonchev–Trinajstić information content (AvgIpc) is 2.16.